The van der Waals surface area contributed by atoms with Crippen molar-refractivity contribution in [2.45, 2.75) is 61.2 Å². The van der Waals surface area contributed by atoms with E-state index < -0.39 is 113 Å². The number of aliphatic hydroxyl groups excluding tert-OH is 7. The third-order valence-electron chi connectivity index (χ3n) is 7.49. The quantitative estimate of drug-likeness (QED) is 0.134. The molecule has 2 aliphatic rings. The van der Waals surface area contributed by atoms with Gasteiger partial charge < -0.3 is 74.8 Å². The standard InChI is InChI=1S/C27H28O17/c28-6-14-17(32)19(34)21(36)24(42-14)16-10(31)5-13-15(18(16)33)9(30)4-11(41-13)7-1-2-8(29)12(3-7)43-27-23(38)20(35)22(37)25(44-27)26(39)40/h1-5,14,17,19-25,27-29,31-38H,6H2,(H,39,40)/t14-,17-,19+,20+,21-,22+,23-,24+,25+,27-/m1/s1. The molecular weight excluding hydrogens is 596 g/mol. The highest BCUT2D eigenvalue weighted by Gasteiger charge is 2.49. The Morgan fingerprint density at radius 1 is 0.818 bits per heavy atom. The summed E-state index contributed by atoms with van der Waals surface area (Å²) in [4.78, 5) is 24.5. The van der Waals surface area contributed by atoms with Crippen LogP contribution in [0, 0.1) is 0 Å². The van der Waals surface area contributed by atoms with Crippen LogP contribution in [0.1, 0.15) is 11.7 Å². The van der Waals surface area contributed by atoms with Gasteiger partial charge in [0.2, 0.25) is 6.29 Å². The van der Waals surface area contributed by atoms with E-state index in [1.165, 1.54) is 6.07 Å². The van der Waals surface area contributed by atoms with E-state index in [0.29, 0.717) is 0 Å². The summed E-state index contributed by atoms with van der Waals surface area (Å²) >= 11 is 0. The van der Waals surface area contributed by atoms with Crippen LogP contribution in [-0.2, 0) is 14.3 Å². The number of phenols is 3. The molecule has 0 unspecified atom stereocenters. The van der Waals surface area contributed by atoms with Crippen molar-refractivity contribution in [3.63, 3.8) is 0 Å². The fourth-order valence-corrected chi connectivity index (χ4v) is 5.10. The van der Waals surface area contributed by atoms with E-state index >= 15 is 0 Å². The van der Waals surface area contributed by atoms with Gasteiger partial charge in [-0.25, -0.2) is 4.79 Å². The highest BCUT2D eigenvalue weighted by Crippen LogP contribution is 2.45. The molecule has 0 aliphatic carbocycles. The first-order chi connectivity index (χ1) is 20.7. The number of benzene rings is 2. The molecule has 11 N–H and O–H groups in total. The van der Waals surface area contributed by atoms with Gasteiger partial charge in [0.25, 0.3) is 0 Å². The smallest absolute Gasteiger partial charge is 0.335 e. The second-order valence-corrected chi connectivity index (χ2v) is 10.3. The van der Waals surface area contributed by atoms with E-state index in [2.05, 4.69) is 0 Å². The van der Waals surface area contributed by atoms with Crippen LogP contribution in [0.15, 0.2) is 39.5 Å². The van der Waals surface area contributed by atoms with E-state index in [4.69, 9.17) is 18.6 Å². The average Bonchev–Trinajstić information content (AvgIpc) is 2.97. The van der Waals surface area contributed by atoms with Crippen molar-refractivity contribution < 1.29 is 79.6 Å². The van der Waals surface area contributed by atoms with Gasteiger partial charge in [-0.05, 0) is 18.2 Å². The summed E-state index contributed by atoms with van der Waals surface area (Å²) in [6, 6.07) is 5.29. The van der Waals surface area contributed by atoms with Crippen LogP contribution in [-0.4, -0.2) is 124 Å². The summed E-state index contributed by atoms with van der Waals surface area (Å²) in [5.41, 5.74) is -1.70. The lowest BCUT2D eigenvalue weighted by Crippen LogP contribution is -2.61. The van der Waals surface area contributed by atoms with Gasteiger partial charge in [-0.2, -0.15) is 0 Å². The van der Waals surface area contributed by atoms with Gasteiger partial charge in [-0.1, -0.05) is 0 Å². The highest BCUT2D eigenvalue weighted by molar-refractivity contribution is 5.88. The number of rotatable bonds is 6. The zero-order valence-electron chi connectivity index (χ0n) is 22.2. The van der Waals surface area contributed by atoms with Crippen molar-refractivity contribution in [3.05, 3.63) is 46.1 Å². The maximum Gasteiger partial charge on any atom is 0.335 e. The van der Waals surface area contributed by atoms with Crippen molar-refractivity contribution in [1.29, 1.82) is 0 Å². The number of aliphatic hydroxyl groups is 7. The Morgan fingerprint density at radius 3 is 2.16 bits per heavy atom. The molecule has 0 amide bonds. The maximum atomic E-state index is 13.2. The first-order valence-electron chi connectivity index (χ1n) is 13.0. The van der Waals surface area contributed by atoms with Crippen LogP contribution in [0.4, 0.5) is 0 Å². The molecule has 0 bridgehead atoms. The molecule has 1 aromatic heterocycles. The summed E-state index contributed by atoms with van der Waals surface area (Å²) in [5, 5.41) is 111. The molecule has 3 aromatic rings. The molecule has 0 spiro atoms. The molecule has 238 valence electrons. The molecule has 0 radical (unpaired) electrons. The maximum absolute atomic E-state index is 13.2. The first-order valence-corrected chi connectivity index (χ1v) is 13.0. The third-order valence-corrected chi connectivity index (χ3v) is 7.49. The molecule has 3 heterocycles. The van der Waals surface area contributed by atoms with Crippen LogP contribution >= 0.6 is 0 Å². The van der Waals surface area contributed by atoms with Crippen molar-refractivity contribution in [2.75, 3.05) is 6.61 Å². The molecule has 17 nitrogen and oxygen atoms in total. The van der Waals surface area contributed by atoms with Crippen molar-refractivity contribution in [2.24, 2.45) is 0 Å². The Bertz CT molecular complexity index is 1620. The molecule has 17 heteroatoms. The van der Waals surface area contributed by atoms with E-state index in [1.54, 1.807) is 0 Å². The number of ether oxygens (including phenoxy) is 3. The van der Waals surface area contributed by atoms with Gasteiger partial charge in [0.05, 0.1) is 12.2 Å². The highest BCUT2D eigenvalue weighted by atomic mass is 16.7. The van der Waals surface area contributed by atoms with Crippen LogP contribution in [0.2, 0.25) is 0 Å². The number of carbonyl (C=O) groups is 1. The van der Waals surface area contributed by atoms with E-state index in [0.717, 1.165) is 24.3 Å². The first kappa shape index (κ1) is 31.4. The minimum absolute atomic E-state index is 0.0504. The molecule has 2 saturated heterocycles. The van der Waals surface area contributed by atoms with E-state index in [9.17, 15) is 65.8 Å². The largest absolute Gasteiger partial charge is 0.507 e. The van der Waals surface area contributed by atoms with Crippen LogP contribution < -0.4 is 10.2 Å². The molecule has 10 atom stereocenters. The van der Waals surface area contributed by atoms with E-state index in [-0.39, 0.29) is 16.9 Å². The number of phenolic OH excluding ortho intramolecular Hbond substituents is 3. The molecule has 2 fully saturated rings. The van der Waals surface area contributed by atoms with Crippen molar-refractivity contribution in [3.8, 4) is 34.3 Å². The predicted octanol–water partition coefficient (Wildman–Crippen LogP) is -2.64. The predicted molar refractivity (Wildman–Crippen MR) is 141 cm³/mol. The molecule has 5 rings (SSSR count). The zero-order valence-corrected chi connectivity index (χ0v) is 22.2. The summed E-state index contributed by atoms with van der Waals surface area (Å²) in [6.07, 6.45) is -18.2. The van der Waals surface area contributed by atoms with Gasteiger partial charge in [0, 0.05) is 17.7 Å². The normalized spacial score (nSPS) is 32.4. The third kappa shape index (κ3) is 5.30. The number of aliphatic carboxylic acids is 1. The van der Waals surface area contributed by atoms with Crippen LogP contribution in [0.3, 0.4) is 0 Å². The van der Waals surface area contributed by atoms with Crippen molar-refractivity contribution >= 4 is 16.9 Å². The van der Waals surface area contributed by atoms with Gasteiger partial charge in [-0.3, -0.25) is 4.79 Å². The minimum Gasteiger partial charge on any atom is -0.507 e. The Kier molecular flexibility index (Phi) is 8.42. The van der Waals surface area contributed by atoms with Gasteiger partial charge in [0.1, 0.15) is 77.1 Å². The number of fused-ring (bicyclic) bond motifs is 1. The van der Waals surface area contributed by atoms with Crippen LogP contribution in [0.25, 0.3) is 22.3 Å². The molecule has 0 saturated carbocycles. The average molecular weight is 625 g/mol. The topological polar surface area (TPSA) is 298 Å². The Hall–Kier alpha value is -4.04. The fraction of sp³-hybridized carbons (Fsp3) is 0.407. The van der Waals surface area contributed by atoms with Crippen molar-refractivity contribution in [1.82, 2.24) is 0 Å². The molecular formula is C27H28O17. The Balaban J connectivity index is 1.50. The Labute approximate surface area is 245 Å². The fourth-order valence-electron chi connectivity index (χ4n) is 5.10. The lowest BCUT2D eigenvalue weighted by molar-refractivity contribution is -0.271. The molecule has 2 aliphatic heterocycles. The number of carboxylic acid groups (broad SMARTS) is 1. The summed E-state index contributed by atoms with van der Waals surface area (Å²) in [6.45, 7) is -0.783. The monoisotopic (exact) mass is 624 g/mol. The van der Waals surface area contributed by atoms with Crippen LogP contribution in [0.5, 0.6) is 23.0 Å². The van der Waals surface area contributed by atoms with Gasteiger partial charge in [0.15, 0.2) is 23.0 Å². The molecule has 44 heavy (non-hydrogen) atoms. The van der Waals surface area contributed by atoms with Gasteiger partial charge >= 0.3 is 5.97 Å². The minimum atomic E-state index is -1.98. The second-order valence-electron chi connectivity index (χ2n) is 10.3. The summed E-state index contributed by atoms with van der Waals surface area (Å²) in [5.74, 6) is -4.45. The lowest BCUT2D eigenvalue weighted by atomic mass is 9.89. The number of carboxylic acids is 1. The number of aromatic hydroxyl groups is 3. The lowest BCUT2D eigenvalue weighted by Gasteiger charge is -2.40. The zero-order chi connectivity index (χ0) is 32.2. The summed E-state index contributed by atoms with van der Waals surface area (Å²) in [7, 11) is 0. The van der Waals surface area contributed by atoms with E-state index in [1.807, 2.05) is 0 Å². The second kappa shape index (κ2) is 11.8. The molecule has 2 aromatic carbocycles. The Morgan fingerprint density at radius 2 is 1.50 bits per heavy atom. The SMILES string of the molecule is O=C(O)[C@H]1O[C@@H](Oc2cc(-c3cc(=O)c4c(O)c([C@@H]5O[C@H](CO)[C@@H](O)[C@H](O)[C@H]5O)c(O)cc4o3)ccc2O)[C@H](O)[C@@H](O)[C@@H]1O. The van der Waals surface area contributed by atoms with Gasteiger partial charge in [-0.15, -0.1) is 0 Å². The summed E-state index contributed by atoms with van der Waals surface area (Å²) < 4.78 is 21.5. The number of hydrogen-bond acceptors (Lipinski definition) is 16. The number of hydrogen-bond donors (Lipinski definition) is 11.